The molecule has 100 valence electrons. The van der Waals surface area contributed by atoms with Crippen molar-refractivity contribution < 1.29 is 4.39 Å². The van der Waals surface area contributed by atoms with Crippen LogP contribution >= 0.6 is 0 Å². The van der Waals surface area contributed by atoms with Crippen molar-refractivity contribution in [3.8, 4) is 0 Å². The van der Waals surface area contributed by atoms with Gasteiger partial charge in [-0.15, -0.1) is 0 Å². The second kappa shape index (κ2) is 5.83. The third-order valence-electron chi connectivity index (χ3n) is 4.14. The minimum absolute atomic E-state index is 0.154. The first-order valence-corrected chi connectivity index (χ1v) is 7.18. The van der Waals surface area contributed by atoms with E-state index in [1.165, 1.54) is 31.2 Å². The van der Waals surface area contributed by atoms with Gasteiger partial charge in [0.05, 0.1) is 0 Å². The Hall–Kier alpha value is -0.890. The van der Waals surface area contributed by atoms with E-state index in [0.717, 1.165) is 13.0 Å². The summed E-state index contributed by atoms with van der Waals surface area (Å²) in [7, 11) is 0. The van der Waals surface area contributed by atoms with Crippen molar-refractivity contribution in [3.63, 3.8) is 0 Å². The third kappa shape index (κ3) is 3.32. The Kier molecular flexibility index (Phi) is 4.39. The highest BCUT2D eigenvalue weighted by molar-refractivity contribution is 5.20. The molecule has 1 unspecified atom stereocenters. The number of rotatable bonds is 7. The largest absolute Gasteiger partial charge is 0.309 e. The molecule has 0 aliphatic heterocycles. The quantitative estimate of drug-likeness (QED) is 0.753. The van der Waals surface area contributed by atoms with E-state index in [1.54, 1.807) is 12.1 Å². The van der Waals surface area contributed by atoms with Crippen molar-refractivity contribution in [2.45, 2.75) is 52.0 Å². The Morgan fingerprint density at radius 3 is 2.39 bits per heavy atom. The van der Waals surface area contributed by atoms with Crippen LogP contribution in [-0.4, -0.2) is 6.54 Å². The van der Waals surface area contributed by atoms with Crippen molar-refractivity contribution in [2.24, 2.45) is 5.41 Å². The molecule has 1 aliphatic rings. The van der Waals surface area contributed by atoms with Gasteiger partial charge in [-0.2, -0.15) is 0 Å². The number of hydrogen-bond donors (Lipinski definition) is 1. The first-order chi connectivity index (χ1) is 8.69. The molecule has 2 heteroatoms. The van der Waals surface area contributed by atoms with Crippen molar-refractivity contribution in [2.75, 3.05) is 6.54 Å². The lowest BCUT2D eigenvalue weighted by Gasteiger charge is -2.22. The lowest BCUT2D eigenvalue weighted by Crippen LogP contribution is -2.28. The Labute approximate surface area is 110 Å². The molecule has 0 amide bonds. The average molecular weight is 249 g/mol. The Morgan fingerprint density at radius 2 is 1.89 bits per heavy atom. The zero-order chi connectivity index (χ0) is 13.0. The van der Waals surface area contributed by atoms with E-state index in [-0.39, 0.29) is 5.82 Å². The molecule has 1 aromatic carbocycles. The van der Waals surface area contributed by atoms with Gasteiger partial charge in [-0.3, -0.25) is 0 Å². The summed E-state index contributed by atoms with van der Waals surface area (Å²) in [6.07, 6.45) is 6.39. The van der Waals surface area contributed by atoms with E-state index in [9.17, 15) is 4.39 Å². The zero-order valence-corrected chi connectivity index (χ0v) is 11.5. The van der Waals surface area contributed by atoms with Gasteiger partial charge in [0.15, 0.2) is 0 Å². The van der Waals surface area contributed by atoms with Crippen molar-refractivity contribution in [1.29, 1.82) is 0 Å². The summed E-state index contributed by atoms with van der Waals surface area (Å²) in [5.74, 6) is -0.154. The fraction of sp³-hybridized carbons (Fsp3) is 0.625. The predicted molar refractivity (Wildman–Crippen MR) is 74.0 cm³/mol. The molecule has 18 heavy (non-hydrogen) atoms. The van der Waals surface area contributed by atoms with Gasteiger partial charge in [-0.1, -0.05) is 32.4 Å². The molecule has 1 saturated carbocycles. The predicted octanol–water partition coefficient (Wildman–Crippen LogP) is 4.45. The van der Waals surface area contributed by atoms with Gasteiger partial charge in [-0.25, -0.2) is 4.39 Å². The molecule has 1 nitrogen and oxygen atoms in total. The molecule has 2 rings (SSSR count). The SMILES string of the molecule is CCCC1(CNC(CC)c2ccc(F)cc2)CC1. The maximum Gasteiger partial charge on any atom is 0.123 e. The van der Waals surface area contributed by atoms with Crippen LogP contribution in [0.1, 0.15) is 57.6 Å². The van der Waals surface area contributed by atoms with Gasteiger partial charge in [0, 0.05) is 12.6 Å². The lowest BCUT2D eigenvalue weighted by molar-refractivity contribution is 0.384. The maximum absolute atomic E-state index is 12.9. The summed E-state index contributed by atoms with van der Waals surface area (Å²) in [4.78, 5) is 0. The second-order valence-corrected chi connectivity index (χ2v) is 5.64. The van der Waals surface area contributed by atoms with E-state index in [0.29, 0.717) is 11.5 Å². The molecule has 1 aliphatic carbocycles. The summed E-state index contributed by atoms with van der Waals surface area (Å²) in [6, 6.07) is 7.27. The number of hydrogen-bond acceptors (Lipinski definition) is 1. The molecule has 0 radical (unpaired) electrons. The lowest BCUT2D eigenvalue weighted by atomic mass is 9.98. The van der Waals surface area contributed by atoms with Crippen LogP contribution in [0.3, 0.4) is 0 Å². The fourth-order valence-electron chi connectivity index (χ4n) is 2.75. The first-order valence-electron chi connectivity index (χ1n) is 7.18. The van der Waals surface area contributed by atoms with Gasteiger partial charge in [0.1, 0.15) is 5.82 Å². The number of benzene rings is 1. The molecule has 0 saturated heterocycles. The van der Waals surface area contributed by atoms with Crippen molar-refractivity contribution in [3.05, 3.63) is 35.6 Å². The maximum atomic E-state index is 12.9. The van der Waals surface area contributed by atoms with Gasteiger partial charge < -0.3 is 5.32 Å². The summed E-state index contributed by atoms with van der Waals surface area (Å²) >= 11 is 0. The molecular weight excluding hydrogens is 225 g/mol. The smallest absolute Gasteiger partial charge is 0.123 e. The minimum atomic E-state index is -0.154. The molecular formula is C16H24FN. The van der Waals surface area contributed by atoms with Crippen LogP contribution < -0.4 is 5.32 Å². The van der Waals surface area contributed by atoms with Crippen LogP contribution in [0.2, 0.25) is 0 Å². The van der Waals surface area contributed by atoms with Gasteiger partial charge in [-0.05, 0) is 48.8 Å². The summed E-state index contributed by atoms with van der Waals surface area (Å²) in [5.41, 5.74) is 1.77. The average Bonchev–Trinajstić information content (AvgIpc) is 3.13. The van der Waals surface area contributed by atoms with Crippen LogP contribution in [0, 0.1) is 11.2 Å². The van der Waals surface area contributed by atoms with Crippen LogP contribution in [-0.2, 0) is 0 Å². The Bertz CT molecular complexity index is 367. The van der Waals surface area contributed by atoms with Crippen molar-refractivity contribution in [1.82, 2.24) is 5.32 Å². The topological polar surface area (TPSA) is 12.0 Å². The molecule has 0 spiro atoms. The Morgan fingerprint density at radius 1 is 1.22 bits per heavy atom. The summed E-state index contributed by atoms with van der Waals surface area (Å²) in [5, 5.41) is 3.67. The molecule has 0 bridgehead atoms. The van der Waals surface area contributed by atoms with E-state index in [2.05, 4.69) is 19.2 Å². The normalized spacial score (nSPS) is 18.6. The molecule has 0 aromatic heterocycles. The van der Waals surface area contributed by atoms with E-state index in [1.807, 2.05) is 12.1 Å². The third-order valence-corrected chi connectivity index (χ3v) is 4.14. The standard InChI is InChI=1S/C16H24FN/c1-3-9-16(10-11-16)12-18-15(4-2)13-5-7-14(17)8-6-13/h5-8,15,18H,3-4,9-12H2,1-2H3. The highest BCUT2D eigenvalue weighted by atomic mass is 19.1. The van der Waals surface area contributed by atoms with Crippen LogP contribution in [0.25, 0.3) is 0 Å². The van der Waals surface area contributed by atoms with Crippen LogP contribution in [0.15, 0.2) is 24.3 Å². The number of nitrogens with one attached hydrogen (secondary N) is 1. The van der Waals surface area contributed by atoms with E-state index >= 15 is 0 Å². The second-order valence-electron chi connectivity index (χ2n) is 5.64. The van der Waals surface area contributed by atoms with Crippen molar-refractivity contribution >= 4 is 0 Å². The van der Waals surface area contributed by atoms with E-state index < -0.39 is 0 Å². The van der Waals surface area contributed by atoms with Crippen LogP contribution in [0.5, 0.6) is 0 Å². The highest BCUT2D eigenvalue weighted by Gasteiger charge is 2.41. The van der Waals surface area contributed by atoms with E-state index in [4.69, 9.17) is 0 Å². The molecule has 1 N–H and O–H groups in total. The molecule has 1 aromatic rings. The summed E-state index contributed by atoms with van der Waals surface area (Å²) < 4.78 is 12.9. The zero-order valence-electron chi connectivity index (χ0n) is 11.5. The molecule has 0 heterocycles. The van der Waals surface area contributed by atoms with Gasteiger partial charge in [0.25, 0.3) is 0 Å². The fourth-order valence-corrected chi connectivity index (χ4v) is 2.75. The Balaban J connectivity index is 1.91. The van der Waals surface area contributed by atoms with Crippen LogP contribution in [0.4, 0.5) is 4.39 Å². The van der Waals surface area contributed by atoms with Gasteiger partial charge >= 0.3 is 0 Å². The molecule has 1 atom stereocenters. The minimum Gasteiger partial charge on any atom is -0.309 e. The summed E-state index contributed by atoms with van der Waals surface area (Å²) in [6.45, 7) is 5.55. The monoisotopic (exact) mass is 249 g/mol. The first kappa shape index (κ1) is 13.5. The van der Waals surface area contributed by atoms with Gasteiger partial charge in [0.2, 0.25) is 0 Å². The number of halogens is 1. The molecule has 1 fully saturated rings. The highest BCUT2D eigenvalue weighted by Crippen LogP contribution is 2.49.